The minimum Gasteiger partial charge on any atom is -0.459 e. The average Bonchev–Trinajstić information content (AvgIpc) is 3.05. The second kappa shape index (κ2) is 10.9. The quantitative estimate of drug-likeness (QED) is 0.387. The number of esters is 1. The summed E-state index contributed by atoms with van der Waals surface area (Å²) in [5, 5.41) is 6.08. The van der Waals surface area contributed by atoms with Crippen LogP contribution in [0.1, 0.15) is 65.8 Å². The number of aryl methyl sites for hydroxylation is 2. The molecule has 9 nitrogen and oxygen atoms in total. The molecule has 3 amide bonds. The van der Waals surface area contributed by atoms with Crippen molar-refractivity contribution in [1.29, 1.82) is 0 Å². The van der Waals surface area contributed by atoms with Crippen LogP contribution in [0, 0.1) is 5.92 Å². The molecule has 0 radical (unpaired) electrons. The fraction of sp³-hybridized carbons (Fsp3) is 0.682. The summed E-state index contributed by atoms with van der Waals surface area (Å²) in [5.41, 5.74) is 1.01. The lowest BCUT2D eigenvalue weighted by atomic mass is 9.81. The van der Waals surface area contributed by atoms with Crippen molar-refractivity contribution in [3.63, 3.8) is 0 Å². The SMILES string of the molecule is CCOC(=O)C(=O)N[C@H]1CC[C@H](C(=O)N(C)C)C[C@H]1NC(=O)c1nc2c(s1)CCCCC2. The van der Waals surface area contributed by atoms with Gasteiger partial charge in [0.05, 0.1) is 18.3 Å². The number of thiazole rings is 1. The molecule has 32 heavy (non-hydrogen) atoms. The summed E-state index contributed by atoms with van der Waals surface area (Å²) in [6.07, 6.45) is 6.60. The summed E-state index contributed by atoms with van der Waals surface area (Å²) in [4.78, 5) is 56.8. The lowest BCUT2D eigenvalue weighted by Crippen LogP contribution is -2.57. The third kappa shape index (κ3) is 5.85. The number of ether oxygens (including phenoxy) is 1. The number of hydrogen-bond acceptors (Lipinski definition) is 7. The van der Waals surface area contributed by atoms with Gasteiger partial charge >= 0.3 is 11.9 Å². The molecular weight excluding hydrogens is 432 g/mol. The summed E-state index contributed by atoms with van der Waals surface area (Å²) in [5.74, 6) is -2.37. The molecule has 0 spiro atoms. The third-order valence-corrected chi connectivity index (χ3v) is 7.18. The number of carbonyl (C=O) groups excluding carboxylic acids is 4. The van der Waals surface area contributed by atoms with E-state index < -0.39 is 24.0 Å². The second-order valence-corrected chi connectivity index (χ2v) is 9.66. The highest BCUT2D eigenvalue weighted by molar-refractivity contribution is 7.13. The molecular formula is C22H32N4O5S. The highest BCUT2D eigenvalue weighted by Gasteiger charge is 2.37. The maximum absolute atomic E-state index is 13.0. The van der Waals surface area contributed by atoms with E-state index in [0.29, 0.717) is 24.3 Å². The van der Waals surface area contributed by atoms with Crippen molar-refractivity contribution in [2.75, 3.05) is 20.7 Å². The molecule has 2 aliphatic carbocycles. The molecule has 0 saturated heterocycles. The third-order valence-electron chi connectivity index (χ3n) is 6.02. The van der Waals surface area contributed by atoms with E-state index in [9.17, 15) is 19.2 Å². The van der Waals surface area contributed by atoms with E-state index in [2.05, 4.69) is 15.6 Å². The number of aromatic nitrogens is 1. The van der Waals surface area contributed by atoms with Gasteiger partial charge in [0, 0.05) is 30.9 Å². The normalized spacial score (nSPS) is 22.8. The molecule has 176 valence electrons. The molecule has 10 heteroatoms. The predicted octanol–water partition coefficient (Wildman–Crippen LogP) is 1.45. The van der Waals surface area contributed by atoms with Crippen molar-refractivity contribution >= 4 is 35.0 Å². The van der Waals surface area contributed by atoms with Gasteiger partial charge in [0.25, 0.3) is 5.91 Å². The molecule has 0 aromatic carbocycles. The van der Waals surface area contributed by atoms with Crippen molar-refractivity contribution in [1.82, 2.24) is 20.5 Å². The molecule has 0 bridgehead atoms. The Hall–Kier alpha value is -2.49. The van der Waals surface area contributed by atoms with Gasteiger partial charge in [-0.15, -0.1) is 11.3 Å². The number of amides is 3. The molecule has 0 unspecified atom stereocenters. The van der Waals surface area contributed by atoms with E-state index in [0.717, 1.165) is 31.4 Å². The van der Waals surface area contributed by atoms with Crippen LogP contribution in [0.25, 0.3) is 0 Å². The van der Waals surface area contributed by atoms with Gasteiger partial charge in [0.2, 0.25) is 5.91 Å². The Morgan fingerprint density at radius 1 is 1.06 bits per heavy atom. The first kappa shape index (κ1) is 24.2. The monoisotopic (exact) mass is 464 g/mol. The van der Waals surface area contributed by atoms with Crippen LogP contribution in [0.5, 0.6) is 0 Å². The van der Waals surface area contributed by atoms with Gasteiger partial charge in [-0.05, 0) is 51.9 Å². The Morgan fingerprint density at radius 3 is 2.53 bits per heavy atom. The smallest absolute Gasteiger partial charge is 0.396 e. The van der Waals surface area contributed by atoms with Crippen molar-refractivity contribution in [3.8, 4) is 0 Å². The van der Waals surface area contributed by atoms with Crippen molar-refractivity contribution in [3.05, 3.63) is 15.6 Å². The minimum absolute atomic E-state index is 0.0135. The largest absolute Gasteiger partial charge is 0.459 e. The van der Waals surface area contributed by atoms with Gasteiger partial charge in [-0.25, -0.2) is 9.78 Å². The number of hydrogen-bond donors (Lipinski definition) is 2. The van der Waals surface area contributed by atoms with Crippen LogP contribution in [-0.2, 0) is 32.0 Å². The standard InChI is InChI=1S/C22H32N4O5S/c1-4-31-22(30)19(28)23-14-11-10-13(21(29)26(2)3)12-16(14)24-18(27)20-25-15-8-6-5-7-9-17(15)32-20/h13-14,16H,4-12H2,1-3H3,(H,23,28)(H,24,27)/t13-,14-,16+/m0/s1. The molecule has 1 fully saturated rings. The second-order valence-electron chi connectivity index (χ2n) is 8.57. The van der Waals surface area contributed by atoms with E-state index in [4.69, 9.17) is 4.74 Å². The number of fused-ring (bicyclic) bond motifs is 1. The molecule has 3 rings (SSSR count). The Morgan fingerprint density at radius 2 is 1.81 bits per heavy atom. The number of carbonyl (C=O) groups is 4. The Bertz CT molecular complexity index is 845. The molecule has 0 aliphatic heterocycles. The Labute approximate surface area is 192 Å². The first-order valence-electron chi connectivity index (χ1n) is 11.3. The number of rotatable bonds is 5. The highest BCUT2D eigenvalue weighted by Crippen LogP contribution is 2.29. The number of nitrogens with zero attached hydrogens (tertiary/aromatic N) is 2. The van der Waals surface area contributed by atoms with E-state index in [-0.39, 0.29) is 24.3 Å². The van der Waals surface area contributed by atoms with Crippen LogP contribution >= 0.6 is 11.3 Å². The van der Waals surface area contributed by atoms with Gasteiger partial charge in [-0.2, -0.15) is 0 Å². The van der Waals surface area contributed by atoms with Gasteiger partial charge in [0.15, 0.2) is 5.01 Å². The van der Waals surface area contributed by atoms with Crippen LogP contribution < -0.4 is 10.6 Å². The van der Waals surface area contributed by atoms with Crippen molar-refractivity contribution in [2.45, 2.75) is 70.4 Å². The first-order valence-corrected chi connectivity index (χ1v) is 12.1. The maximum atomic E-state index is 13.0. The predicted molar refractivity (Wildman–Crippen MR) is 119 cm³/mol. The van der Waals surface area contributed by atoms with Crippen LogP contribution in [0.15, 0.2) is 0 Å². The van der Waals surface area contributed by atoms with E-state index in [1.54, 1.807) is 25.9 Å². The zero-order valence-corrected chi connectivity index (χ0v) is 19.8. The van der Waals surface area contributed by atoms with Crippen molar-refractivity contribution in [2.24, 2.45) is 5.92 Å². The minimum atomic E-state index is -0.951. The Balaban J connectivity index is 1.73. The van der Waals surface area contributed by atoms with Gasteiger partial charge < -0.3 is 20.3 Å². The molecule has 3 atom stereocenters. The van der Waals surface area contributed by atoms with Crippen LogP contribution in [-0.4, -0.2) is 66.4 Å². The summed E-state index contributed by atoms with van der Waals surface area (Å²) in [6, 6.07) is -0.966. The van der Waals surface area contributed by atoms with Crippen LogP contribution in [0.3, 0.4) is 0 Å². The van der Waals surface area contributed by atoms with E-state index >= 15 is 0 Å². The van der Waals surface area contributed by atoms with Gasteiger partial charge in [-0.3, -0.25) is 14.4 Å². The zero-order valence-electron chi connectivity index (χ0n) is 18.9. The Kier molecular flexibility index (Phi) is 8.22. The molecule has 1 aromatic heterocycles. The first-order chi connectivity index (χ1) is 15.3. The van der Waals surface area contributed by atoms with Crippen LogP contribution in [0.2, 0.25) is 0 Å². The maximum Gasteiger partial charge on any atom is 0.396 e. The molecule has 1 aromatic rings. The lowest BCUT2D eigenvalue weighted by Gasteiger charge is -2.36. The fourth-order valence-corrected chi connectivity index (χ4v) is 5.43. The van der Waals surface area contributed by atoms with Gasteiger partial charge in [0.1, 0.15) is 0 Å². The van der Waals surface area contributed by atoms with E-state index in [1.807, 2.05) is 0 Å². The summed E-state index contributed by atoms with van der Waals surface area (Å²) < 4.78 is 4.77. The fourth-order valence-electron chi connectivity index (χ4n) is 4.37. The highest BCUT2D eigenvalue weighted by atomic mass is 32.1. The van der Waals surface area contributed by atoms with Crippen molar-refractivity contribution < 1.29 is 23.9 Å². The van der Waals surface area contributed by atoms with Gasteiger partial charge in [-0.1, -0.05) is 6.42 Å². The summed E-state index contributed by atoms with van der Waals surface area (Å²) >= 11 is 1.42. The molecule has 1 heterocycles. The lowest BCUT2D eigenvalue weighted by molar-refractivity contribution is -0.155. The molecule has 2 aliphatic rings. The van der Waals surface area contributed by atoms with Crippen LogP contribution in [0.4, 0.5) is 0 Å². The zero-order chi connectivity index (χ0) is 23.3. The number of nitrogens with one attached hydrogen (secondary N) is 2. The average molecular weight is 465 g/mol. The molecule has 2 N–H and O–H groups in total. The molecule has 1 saturated carbocycles. The topological polar surface area (TPSA) is 118 Å². The summed E-state index contributed by atoms with van der Waals surface area (Å²) in [6.45, 7) is 1.73. The van der Waals surface area contributed by atoms with E-state index in [1.165, 1.54) is 22.6 Å². The summed E-state index contributed by atoms with van der Waals surface area (Å²) in [7, 11) is 3.40.